The van der Waals surface area contributed by atoms with Gasteiger partial charge in [0.05, 0.1) is 5.69 Å². The molecule has 0 radical (unpaired) electrons. The van der Waals surface area contributed by atoms with Crippen molar-refractivity contribution in [3.63, 3.8) is 0 Å². The summed E-state index contributed by atoms with van der Waals surface area (Å²) in [5.41, 5.74) is 1.10. The fraction of sp³-hybridized carbons (Fsp3) is 0.824. The van der Waals surface area contributed by atoms with Crippen LogP contribution < -0.4 is 5.32 Å². The van der Waals surface area contributed by atoms with E-state index in [1.807, 2.05) is 6.92 Å². The van der Waals surface area contributed by atoms with Gasteiger partial charge in [-0.2, -0.15) is 0 Å². The molecule has 0 aliphatic heterocycles. The summed E-state index contributed by atoms with van der Waals surface area (Å²) in [5, 5.41) is 3.72. The molecule has 1 saturated carbocycles. The third kappa shape index (κ3) is 4.73. The third-order valence-electron chi connectivity index (χ3n) is 4.54. The fourth-order valence-electron chi connectivity index (χ4n) is 3.37. The van der Waals surface area contributed by atoms with Crippen molar-refractivity contribution in [2.75, 3.05) is 18.5 Å². The van der Waals surface area contributed by atoms with Gasteiger partial charge in [0.2, 0.25) is 5.95 Å². The molecule has 1 heterocycles. The van der Waals surface area contributed by atoms with E-state index in [0.29, 0.717) is 6.04 Å². The van der Waals surface area contributed by atoms with Gasteiger partial charge in [-0.3, -0.25) is 0 Å². The second-order valence-electron chi connectivity index (χ2n) is 6.15. The summed E-state index contributed by atoms with van der Waals surface area (Å²) >= 11 is 0. The van der Waals surface area contributed by atoms with Crippen LogP contribution in [0.3, 0.4) is 0 Å². The SMILES string of the molecule is CCOCCCn1cc(C)nc1NC1CCCCC1CC. The first-order chi connectivity index (χ1) is 10.2. The van der Waals surface area contributed by atoms with Crippen LogP contribution in [0.25, 0.3) is 0 Å². The number of nitrogens with zero attached hydrogens (tertiary/aromatic N) is 2. The highest BCUT2D eigenvalue weighted by atomic mass is 16.5. The van der Waals surface area contributed by atoms with Gasteiger partial charge in [0.25, 0.3) is 0 Å². The summed E-state index contributed by atoms with van der Waals surface area (Å²) in [6, 6.07) is 0.594. The molecule has 1 aromatic rings. The molecule has 21 heavy (non-hydrogen) atoms. The molecule has 0 spiro atoms. The highest BCUT2D eigenvalue weighted by Gasteiger charge is 2.24. The van der Waals surface area contributed by atoms with E-state index in [1.165, 1.54) is 32.1 Å². The Morgan fingerprint density at radius 1 is 1.33 bits per heavy atom. The molecule has 1 N–H and O–H groups in total. The minimum atomic E-state index is 0.594. The first-order valence-corrected chi connectivity index (χ1v) is 8.62. The van der Waals surface area contributed by atoms with Crippen LogP contribution in [-0.2, 0) is 11.3 Å². The first-order valence-electron chi connectivity index (χ1n) is 8.62. The number of ether oxygens (including phenoxy) is 1. The van der Waals surface area contributed by atoms with E-state index in [0.717, 1.165) is 43.7 Å². The summed E-state index contributed by atoms with van der Waals surface area (Å²) in [5.74, 6) is 1.85. The molecule has 120 valence electrons. The van der Waals surface area contributed by atoms with Gasteiger partial charge in [0.15, 0.2) is 0 Å². The molecule has 4 nitrogen and oxygen atoms in total. The average molecular weight is 293 g/mol. The maximum atomic E-state index is 5.43. The Bertz CT molecular complexity index is 416. The van der Waals surface area contributed by atoms with Gasteiger partial charge in [-0.15, -0.1) is 0 Å². The maximum absolute atomic E-state index is 5.43. The second kappa shape index (κ2) is 8.42. The Kier molecular flexibility index (Phi) is 6.55. The number of imidazole rings is 1. The van der Waals surface area contributed by atoms with Gasteiger partial charge in [-0.05, 0) is 39.0 Å². The largest absolute Gasteiger partial charge is 0.382 e. The summed E-state index contributed by atoms with van der Waals surface area (Å²) in [6.45, 7) is 9.03. The van der Waals surface area contributed by atoms with Crippen LogP contribution in [0.2, 0.25) is 0 Å². The minimum absolute atomic E-state index is 0.594. The van der Waals surface area contributed by atoms with Crippen molar-refractivity contribution in [2.45, 2.75) is 71.9 Å². The molecular formula is C17H31N3O. The number of aromatic nitrogens is 2. The van der Waals surface area contributed by atoms with Crippen LogP contribution in [0.5, 0.6) is 0 Å². The Labute approximate surface area is 129 Å². The first kappa shape index (κ1) is 16.3. The van der Waals surface area contributed by atoms with E-state index in [2.05, 4.69) is 34.9 Å². The lowest BCUT2D eigenvalue weighted by molar-refractivity contribution is 0.141. The Morgan fingerprint density at radius 2 is 2.14 bits per heavy atom. The molecule has 1 aliphatic rings. The average Bonchev–Trinajstić information content (AvgIpc) is 2.84. The summed E-state index contributed by atoms with van der Waals surface area (Å²) < 4.78 is 7.69. The highest BCUT2D eigenvalue weighted by molar-refractivity contribution is 5.30. The zero-order chi connectivity index (χ0) is 15.1. The standard InChI is InChI=1S/C17H31N3O/c1-4-15-9-6-7-10-16(15)19-17-18-14(3)13-20(17)11-8-12-21-5-2/h13,15-16H,4-12H2,1-3H3,(H,18,19). The molecule has 0 bridgehead atoms. The Hall–Kier alpha value is -1.03. The zero-order valence-electron chi connectivity index (χ0n) is 13.9. The van der Waals surface area contributed by atoms with E-state index in [9.17, 15) is 0 Å². The number of nitrogens with one attached hydrogen (secondary N) is 1. The fourth-order valence-corrected chi connectivity index (χ4v) is 3.37. The zero-order valence-corrected chi connectivity index (χ0v) is 13.9. The normalized spacial score (nSPS) is 22.4. The molecule has 4 heteroatoms. The topological polar surface area (TPSA) is 39.1 Å². The van der Waals surface area contributed by atoms with Gasteiger partial charge < -0.3 is 14.6 Å². The quantitative estimate of drug-likeness (QED) is 0.736. The predicted octanol–water partition coefficient (Wildman–Crippen LogP) is 4.00. The van der Waals surface area contributed by atoms with Gasteiger partial charge in [-0.25, -0.2) is 4.98 Å². The predicted molar refractivity (Wildman–Crippen MR) is 87.7 cm³/mol. The van der Waals surface area contributed by atoms with Crippen molar-refractivity contribution in [3.05, 3.63) is 11.9 Å². The maximum Gasteiger partial charge on any atom is 0.203 e. The third-order valence-corrected chi connectivity index (χ3v) is 4.54. The summed E-state index contributed by atoms with van der Waals surface area (Å²) in [6.07, 6.45) is 9.83. The lowest BCUT2D eigenvalue weighted by Gasteiger charge is -2.32. The number of hydrogen-bond acceptors (Lipinski definition) is 3. The lowest BCUT2D eigenvalue weighted by atomic mass is 9.83. The van der Waals surface area contributed by atoms with Crippen LogP contribution in [0.1, 0.15) is 58.1 Å². The molecule has 1 aromatic heterocycles. The number of anilines is 1. The molecular weight excluding hydrogens is 262 g/mol. The molecule has 2 unspecified atom stereocenters. The van der Waals surface area contributed by atoms with E-state index >= 15 is 0 Å². The number of rotatable bonds is 8. The Balaban J connectivity index is 1.95. The molecule has 0 aromatic carbocycles. The van der Waals surface area contributed by atoms with Crippen molar-refractivity contribution in [1.82, 2.24) is 9.55 Å². The van der Waals surface area contributed by atoms with Crippen molar-refractivity contribution in [1.29, 1.82) is 0 Å². The van der Waals surface area contributed by atoms with Crippen molar-refractivity contribution in [2.24, 2.45) is 5.92 Å². The minimum Gasteiger partial charge on any atom is -0.382 e. The summed E-state index contributed by atoms with van der Waals surface area (Å²) in [4.78, 5) is 4.68. The molecule has 1 aliphatic carbocycles. The number of hydrogen-bond donors (Lipinski definition) is 1. The van der Waals surface area contributed by atoms with E-state index < -0.39 is 0 Å². The van der Waals surface area contributed by atoms with Gasteiger partial charge in [0.1, 0.15) is 0 Å². The molecule has 2 atom stereocenters. The smallest absolute Gasteiger partial charge is 0.203 e. The summed E-state index contributed by atoms with van der Waals surface area (Å²) in [7, 11) is 0. The van der Waals surface area contributed by atoms with Crippen LogP contribution in [0.15, 0.2) is 6.20 Å². The number of aryl methyl sites for hydroxylation is 2. The van der Waals surface area contributed by atoms with Gasteiger partial charge in [0, 0.05) is 32.0 Å². The van der Waals surface area contributed by atoms with Gasteiger partial charge >= 0.3 is 0 Å². The van der Waals surface area contributed by atoms with E-state index in [-0.39, 0.29) is 0 Å². The molecule has 2 rings (SSSR count). The van der Waals surface area contributed by atoms with Crippen LogP contribution in [0.4, 0.5) is 5.95 Å². The van der Waals surface area contributed by atoms with Crippen molar-refractivity contribution >= 4 is 5.95 Å². The Morgan fingerprint density at radius 3 is 2.90 bits per heavy atom. The van der Waals surface area contributed by atoms with E-state index in [4.69, 9.17) is 4.74 Å². The van der Waals surface area contributed by atoms with Crippen molar-refractivity contribution < 1.29 is 4.74 Å². The molecule has 1 fully saturated rings. The van der Waals surface area contributed by atoms with Crippen LogP contribution in [-0.4, -0.2) is 28.8 Å². The van der Waals surface area contributed by atoms with Crippen molar-refractivity contribution in [3.8, 4) is 0 Å². The van der Waals surface area contributed by atoms with Crippen LogP contribution in [0, 0.1) is 12.8 Å². The van der Waals surface area contributed by atoms with Gasteiger partial charge in [-0.1, -0.05) is 26.2 Å². The molecule has 0 saturated heterocycles. The molecule has 0 amide bonds. The monoisotopic (exact) mass is 293 g/mol. The lowest BCUT2D eigenvalue weighted by Crippen LogP contribution is -2.33. The van der Waals surface area contributed by atoms with Crippen LogP contribution >= 0.6 is 0 Å². The highest BCUT2D eigenvalue weighted by Crippen LogP contribution is 2.29. The second-order valence-corrected chi connectivity index (χ2v) is 6.15. The van der Waals surface area contributed by atoms with E-state index in [1.54, 1.807) is 0 Å².